The number of anilines is 2. The van der Waals surface area contributed by atoms with E-state index in [1.807, 2.05) is 6.07 Å². The zero-order valence-corrected chi connectivity index (χ0v) is 16.4. The van der Waals surface area contributed by atoms with Gasteiger partial charge in [0.15, 0.2) is 0 Å². The van der Waals surface area contributed by atoms with Gasteiger partial charge in [-0.1, -0.05) is 6.07 Å². The molecule has 4 rings (SSSR count). The fraction of sp³-hybridized carbons (Fsp3) is 0.350. The van der Waals surface area contributed by atoms with Crippen LogP contribution in [0, 0.1) is 0 Å². The third kappa shape index (κ3) is 3.57. The van der Waals surface area contributed by atoms with Crippen molar-refractivity contribution in [1.82, 2.24) is 0 Å². The molecule has 148 valence electrons. The minimum absolute atomic E-state index is 0.0496. The number of hydrogen-bond donors (Lipinski definition) is 1. The lowest BCUT2D eigenvalue weighted by Gasteiger charge is -2.21. The maximum absolute atomic E-state index is 12.7. The molecule has 28 heavy (non-hydrogen) atoms. The van der Waals surface area contributed by atoms with Gasteiger partial charge in [0.2, 0.25) is 0 Å². The van der Waals surface area contributed by atoms with Crippen molar-refractivity contribution in [2.75, 3.05) is 29.9 Å². The van der Waals surface area contributed by atoms with Crippen LogP contribution in [-0.2, 0) is 26.0 Å². The molecule has 1 N–H and O–H groups in total. The van der Waals surface area contributed by atoms with Crippen LogP contribution in [-0.4, -0.2) is 40.7 Å². The van der Waals surface area contributed by atoms with E-state index in [1.165, 1.54) is 19.2 Å². The standard InChI is InChI=1S/C20H22N2O5S/c1-26-16-6-8-17(9-7-16)28(24,25)21-15-5-4-14-10-11-22(18(14)13-15)20(23)19-3-2-12-27-19/h4-9,13,19,21H,2-3,10-12H2,1H3/t19-/m0/s1. The van der Waals surface area contributed by atoms with Gasteiger partial charge in [0, 0.05) is 18.8 Å². The predicted molar refractivity (Wildman–Crippen MR) is 105 cm³/mol. The van der Waals surface area contributed by atoms with Gasteiger partial charge in [0.25, 0.3) is 15.9 Å². The van der Waals surface area contributed by atoms with E-state index in [9.17, 15) is 13.2 Å². The van der Waals surface area contributed by atoms with Gasteiger partial charge in [-0.05, 0) is 61.2 Å². The van der Waals surface area contributed by atoms with E-state index in [0.717, 1.165) is 30.5 Å². The average molecular weight is 402 g/mol. The Labute approximate surface area is 164 Å². The molecular formula is C20H22N2O5S. The van der Waals surface area contributed by atoms with E-state index in [0.29, 0.717) is 24.6 Å². The zero-order valence-electron chi connectivity index (χ0n) is 15.6. The van der Waals surface area contributed by atoms with Crippen molar-refractivity contribution in [3.63, 3.8) is 0 Å². The molecule has 1 atom stereocenters. The number of amides is 1. The summed E-state index contributed by atoms with van der Waals surface area (Å²) >= 11 is 0. The van der Waals surface area contributed by atoms with Gasteiger partial charge in [-0.3, -0.25) is 9.52 Å². The molecule has 2 aliphatic heterocycles. The van der Waals surface area contributed by atoms with E-state index in [4.69, 9.17) is 9.47 Å². The van der Waals surface area contributed by atoms with Crippen molar-refractivity contribution < 1.29 is 22.7 Å². The molecule has 1 saturated heterocycles. The number of nitrogens with zero attached hydrogens (tertiary/aromatic N) is 1. The van der Waals surface area contributed by atoms with Crippen molar-refractivity contribution in [3.8, 4) is 5.75 Å². The second kappa shape index (κ2) is 7.44. The predicted octanol–water partition coefficient (Wildman–Crippen LogP) is 2.56. The van der Waals surface area contributed by atoms with Gasteiger partial charge >= 0.3 is 0 Å². The highest BCUT2D eigenvalue weighted by molar-refractivity contribution is 7.92. The Morgan fingerprint density at radius 3 is 2.68 bits per heavy atom. The monoisotopic (exact) mass is 402 g/mol. The molecule has 1 amide bonds. The highest BCUT2D eigenvalue weighted by atomic mass is 32.2. The molecule has 0 aliphatic carbocycles. The van der Waals surface area contributed by atoms with Gasteiger partial charge in [-0.25, -0.2) is 8.42 Å². The van der Waals surface area contributed by atoms with Gasteiger partial charge < -0.3 is 14.4 Å². The zero-order chi connectivity index (χ0) is 19.7. The van der Waals surface area contributed by atoms with Crippen molar-refractivity contribution in [2.45, 2.75) is 30.3 Å². The average Bonchev–Trinajstić information content (AvgIpc) is 3.37. The third-order valence-electron chi connectivity index (χ3n) is 5.07. The van der Waals surface area contributed by atoms with Crippen LogP contribution in [0.1, 0.15) is 18.4 Å². The van der Waals surface area contributed by atoms with Gasteiger partial charge in [-0.2, -0.15) is 0 Å². The minimum atomic E-state index is -3.74. The van der Waals surface area contributed by atoms with Crippen molar-refractivity contribution in [1.29, 1.82) is 0 Å². The molecule has 7 nitrogen and oxygen atoms in total. The summed E-state index contributed by atoms with van der Waals surface area (Å²) in [5, 5.41) is 0. The first-order chi connectivity index (χ1) is 13.5. The fourth-order valence-electron chi connectivity index (χ4n) is 3.59. The summed E-state index contributed by atoms with van der Waals surface area (Å²) in [5.41, 5.74) is 2.19. The molecule has 0 aromatic heterocycles. The highest BCUT2D eigenvalue weighted by Crippen LogP contribution is 2.33. The summed E-state index contributed by atoms with van der Waals surface area (Å²) in [4.78, 5) is 14.6. The molecule has 0 unspecified atom stereocenters. The maximum atomic E-state index is 12.7. The summed E-state index contributed by atoms with van der Waals surface area (Å²) in [5.74, 6) is 0.533. The number of carbonyl (C=O) groups is 1. The Morgan fingerprint density at radius 1 is 1.21 bits per heavy atom. The van der Waals surface area contributed by atoms with Crippen LogP contribution in [0.15, 0.2) is 47.4 Å². The molecule has 2 aromatic rings. The van der Waals surface area contributed by atoms with Crippen LogP contribution in [0.3, 0.4) is 0 Å². The molecule has 0 saturated carbocycles. The lowest BCUT2D eigenvalue weighted by atomic mass is 10.1. The molecule has 2 aromatic carbocycles. The first-order valence-electron chi connectivity index (χ1n) is 9.21. The van der Waals surface area contributed by atoms with Crippen molar-refractivity contribution in [3.05, 3.63) is 48.0 Å². The number of hydrogen-bond acceptors (Lipinski definition) is 5. The topological polar surface area (TPSA) is 84.9 Å². The van der Waals surface area contributed by atoms with Crippen LogP contribution < -0.4 is 14.4 Å². The Hall–Kier alpha value is -2.58. The van der Waals surface area contributed by atoms with E-state index in [1.54, 1.807) is 29.2 Å². The molecule has 2 aliphatic rings. The first-order valence-corrected chi connectivity index (χ1v) is 10.7. The van der Waals surface area contributed by atoms with Crippen LogP contribution >= 0.6 is 0 Å². The summed E-state index contributed by atoms with van der Waals surface area (Å²) < 4.78 is 38.5. The Kier molecular flexibility index (Phi) is 4.99. The summed E-state index contributed by atoms with van der Waals surface area (Å²) in [6.07, 6.45) is 1.97. The summed E-state index contributed by atoms with van der Waals surface area (Å²) in [6, 6.07) is 11.5. The molecule has 8 heteroatoms. The molecule has 2 heterocycles. The number of ether oxygens (including phenoxy) is 2. The van der Waals surface area contributed by atoms with Crippen LogP contribution in [0.4, 0.5) is 11.4 Å². The Bertz CT molecular complexity index is 982. The van der Waals surface area contributed by atoms with Crippen LogP contribution in [0.5, 0.6) is 5.75 Å². The lowest BCUT2D eigenvalue weighted by Crippen LogP contribution is -2.37. The quantitative estimate of drug-likeness (QED) is 0.831. The van der Waals surface area contributed by atoms with Crippen LogP contribution in [0.2, 0.25) is 0 Å². The molecule has 0 bridgehead atoms. The summed E-state index contributed by atoms with van der Waals surface area (Å²) in [7, 11) is -2.22. The second-order valence-electron chi connectivity index (χ2n) is 6.87. The maximum Gasteiger partial charge on any atom is 0.261 e. The van der Waals surface area contributed by atoms with E-state index in [-0.39, 0.29) is 10.8 Å². The number of rotatable bonds is 5. The third-order valence-corrected chi connectivity index (χ3v) is 6.47. The summed E-state index contributed by atoms with van der Waals surface area (Å²) in [6.45, 7) is 1.20. The minimum Gasteiger partial charge on any atom is -0.497 e. The smallest absolute Gasteiger partial charge is 0.261 e. The fourth-order valence-corrected chi connectivity index (χ4v) is 4.64. The van der Waals surface area contributed by atoms with Gasteiger partial charge in [0.05, 0.1) is 17.7 Å². The lowest BCUT2D eigenvalue weighted by molar-refractivity contribution is -0.127. The number of methoxy groups -OCH3 is 1. The second-order valence-corrected chi connectivity index (χ2v) is 8.55. The largest absolute Gasteiger partial charge is 0.497 e. The normalized spacial score (nSPS) is 18.8. The van der Waals surface area contributed by atoms with E-state index in [2.05, 4.69) is 4.72 Å². The van der Waals surface area contributed by atoms with E-state index >= 15 is 0 Å². The Balaban J connectivity index is 1.56. The SMILES string of the molecule is COc1ccc(S(=O)(=O)Nc2ccc3c(c2)N(C(=O)[C@@H]2CCCO2)CC3)cc1. The molecular weight excluding hydrogens is 380 g/mol. The number of nitrogens with one attached hydrogen (secondary N) is 1. The number of carbonyl (C=O) groups excluding carboxylic acids is 1. The first kappa shape index (κ1) is 18.8. The van der Waals surface area contributed by atoms with Gasteiger partial charge in [-0.15, -0.1) is 0 Å². The van der Waals surface area contributed by atoms with Crippen molar-refractivity contribution >= 4 is 27.3 Å². The molecule has 1 fully saturated rings. The van der Waals surface area contributed by atoms with Gasteiger partial charge in [0.1, 0.15) is 11.9 Å². The molecule has 0 radical (unpaired) electrons. The highest BCUT2D eigenvalue weighted by Gasteiger charge is 2.33. The van der Waals surface area contributed by atoms with Crippen molar-refractivity contribution in [2.24, 2.45) is 0 Å². The number of sulfonamides is 1. The van der Waals surface area contributed by atoms with E-state index < -0.39 is 16.1 Å². The van der Waals surface area contributed by atoms with Crippen LogP contribution in [0.25, 0.3) is 0 Å². The Morgan fingerprint density at radius 2 is 2.00 bits per heavy atom. The molecule has 0 spiro atoms. The number of benzene rings is 2. The number of fused-ring (bicyclic) bond motifs is 1.